The SMILES string of the molecule is COc1nccc(N(C)C)c1NCC1CCC(C)O1. The van der Waals surface area contributed by atoms with E-state index in [0.717, 1.165) is 30.8 Å². The van der Waals surface area contributed by atoms with Crippen LogP contribution in [-0.4, -0.2) is 44.9 Å². The first-order valence-corrected chi connectivity index (χ1v) is 6.71. The van der Waals surface area contributed by atoms with E-state index in [1.807, 2.05) is 25.1 Å². The van der Waals surface area contributed by atoms with E-state index in [-0.39, 0.29) is 6.10 Å². The van der Waals surface area contributed by atoms with Crippen LogP contribution < -0.4 is 15.0 Å². The second kappa shape index (κ2) is 6.10. The largest absolute Gasteiger partial charge is 0.479 e. The quantitative estimate of drug-likeness (QED) is 0.883. The zero-order chi connectivity index (χ0) is 13.8. The number of nitrogens with one attached hydrogen (secondary N) is 1. The summed E-state index contributed by atoms with van der Waals surface area (Å²) < 4.78 is 11.2. The lowest BCUT2D eigenvalue weighted by atomic mass is 10.2. The van der Waals surface area contributed by atoms with Crippen molar-refractivity contribution in [1.82, 2.24) is 4.98 Å². The smallest absolute Gasteiger partial charge is 0.239 e. The first-order valence-electron chi connectivity index (χ1n) is 6.71. The topological polar surface area (TPSA) is 46.6 Å². The fraction of sp³-hybridized carbons (Fsp3) is 0.643. The Labute approximate surface area is 114 Å². The fourth-order valence-electron chi connectivity index (χ4n) is 2.38. The Morgan fingerprint density at radius 1 is 1.47 bits per heavy atom. The van der Waals surface area contributed by atoms with Crippen LogP contribution in [0.3, 0.4) is 0 Å². The Hall–Kier alpha value is -1.49. The summed E-state index contributed by atoms with van der Waals surface area (Å²) in [5, 5.41) is 3.42. The summed E-state index contributed by atoms with van der Waals surface area (Å²) in [6.45, 7) is 2.91. The molecule has 0 radical (unpaired) electrons. The number of ether oxygens (including phenoxy) is 2. The van der Waals surface area contributed by atoms with Crippen LogP contribution in [-0.2, 0) is 4.74 Å². The Morgan fingerprint density at radius 2 is 2.26 bits per heavy atom. The molecule has 106 valence electrons. The standard InChI is InChI=1S/C14H23N3O2/c1-10-5-6-11(19-10)9-16-13-12(17(2)3)7-8-15-14(13)18-4/h7-8,10-11,16H,5-6,9H2,1-4H3. The molecular weight excluding hydrogens is 242 g/mol. The predicted molar refractivity (Wildman–Crippen MR) is 77.2 cm³/mol. The first-order chi connectivity index (χ1) is 9.11. The minimum Gasteiger partial charge on any atom is -0.479 e. The maximum atomic E-state index is 5.82. The molecule has 0 spiro atoms. The lowest BCUT2D eigenvalue weighted by molar-refractivity contribution is 0.0637. The second-order valence-electron chi connectivity index (χ2n) is 5.14. The Kier molecular flexibility index (Phi) is 4.47. The van der Waals surface area contributed by atoms with Crippen molar-refractivity contribution in [2.24, 2.45) is 0 Å². The molecule has 0 saturated carbocycles. The number of hydrogen-bond acceptors (Lipinski definition) is 5. The molecule has 0 aromatic carbocycles. The normalized spacial score (nSPS) is 22.3. The van der Waals surface area contributed by atoms with Gasteiger partial charge in [0.25, 0.3) is 0 Å². The summed E-state index contributed by atoms with van der Waals surface area (Å²) in [5.41, 5.74) is 2.00. The number of aromatic nitrogens is 1. The van der Waals surface area contributed by atoms with Gasteiger partial charge in [0.2, 0.25) is 5.88 Å². The molecule has 2 rings (SSSR count). The molecule has 1 aliphatic heterocycles. The van der Waals surface area contributed by atoms with Gasteiger partial charge in [0.05, 0.1) is 25.0 Å². The molecule has 2 atom stereocenters. The summed E-state index contributed by atoms with van der Waals surface area (Å²) in [6, 6.07) is 1.98. The zero-order valence-corrected chi connectivity index (χ0v) is 12.1. The third kappa shape index (κ3) is 3.29. The number of anilines is 2. The Morgan fingerprint density at radius 3 is 2.84 bits per heavy atom. The lowest BCUT2D eigenvalue weighted by Gasteiger charge is -2.21. The lowest BCUT2D eigenvalue weighted by Crippen LogP contribution is -2.22. The van der Waals surface area contributed by atoms with Crippen LogP contribution in [0.1, 0.15) is 19.8 Å². The van der Waals surface area contributed by atoms with Crippen LogP contribution in [0.5, 0.6) is 5.88 Å². The van der Waals surface area contributed by atoms with E-state index in [4.69, 9.17) is 9.47 Å². The summed E-state index contributed by atoms with van der Waals surface area (Å²) >= 11 is 0. The summed E-state index contributed by atoms with van der Waals surface area (Å²) in [6.07, 6.45) is 4.64. The van der Waals surface area contributed by atoms with Crippen molar-refractivity contribution in [3.8, 4) is 5.88 Å². The van der Waals surface area contributed by atoms with Crippen LogP contribution in [0.4, 0.5) is 11.4 Å². The van der Waals surface area contributed by atoms with E-state index < -0.39 is 0 Å². The third-order valence-electron chi connectivity index (χ3n) is 3.40. The van der Waals surface area contributed by atoms with Crippen molar-refractivity contribution in [1.29, 1.82) is 0 Å². The monoisotopic (exact) mass is 265 g/mol. The number of rotatable bonds is 5. The molecular formula is C14H23N3O2. The van der Waals surface area contributed by atoms with Crippen molar-refractivity contribution in [2.45, 2.75) is 32.0 Å². The molecule has 1 aromatic heterocycles. The second-order valence-corrected chi connectivity index (χ2v) is 5.14. The number of pyridine rings is 1. The molecule has 1 fully saturated rings. The molecule has 5 heteroatoms. The average molecular weight is 265 g/mol. The van der Waals surface area contributed by atoms with Gasteiger partial charge in [0, 0.05) is 26.8 Å². The van der Waals surface area contributed by atoms with Gasteiger partial charge in [0.15, 0.2) is 0 Å². The van der Waals surface area contributed by atoms with Crippen LogP contribution in [0.15, 0.2) is 12.3 Å². The van der Waals surface area contributed by atoms with Crippen molar-refractivity contribution < 1.29 is 9.47 Å². The summed E-state index contributed by atoms with van der Waals surface area (Å²) in [7, 11) is 5.66. The Bertz CT molecular complexity index is 423. The van der Waals surface area contributed by atoms with Crippen molar-refractivity contribution >= 4 is 11.4 Å². The Balaban J connectivity index is 2.09. The van der Waals surface area contributed by atoms with Crippen LogP contribution in [0, 0.1) is 0 Å². The molecule has 2 unspecified atom stereocenters. The van der Waals surface area contributed by atoms with Gasteiger partial charge in [-0.25, -0.2) is 4.98 Å². The number of methoxy groups -OCH3 is 1. The van der Waals surface area contributed by atoms with Crippen molar-refractivity contribution in [3.63, 3.8) is 0 Å². The van der Waals surface area contributed by atoms with Gasteiger partial charge >= 0.3 is 0 Å². The minimum absolute atomic E-state index is 0.273. The highest BCUT2D eigenvalue weighted by atomic mass is 16.5. The molecule has 1 saturated heterocycles. The van der Waals surface area contributed by atoms with Crippen molar-refractivity contribution in [2.75, 3.05) is 38.0 Å². The maximum absolute atomic E-state index is 5.82. The van der Waals surface area contributed by atoms with E-state index in [0.29, 0.717) is 12.0 Å². The molecule has 1 N–H and O–H groups in total. The summed E-state index contributed by atoms with van der Waals surface area (Å²) in [5.74, 6) is 0.622. The zero-order valence-electron chi connectivity index (χ0n) is 12.1. The van der Waals surface area contributed by atoms with Gasteiger partial charge in [-0.2, -0.15) is 0 Å². The molecule has 19 heavy (non-hydrogen) atoms. The van der Waals surface area contributed by atoms with Gasteiger partial charge in [0.1, 0.15) is 5.69 Å². The first kappa shape index (κ1) is 13.9. The molecule has 0 amide bonds. The van der Waals surface area contributed by atoms with Crippen LogP contribution >= 0.6 is 0 Å². The molecule has 0 bridgehead atoms. The third-order valence-corrected chi connectivity index (χ3v) is 3.40. The highest BCUT2D eigenvalue weighted by Gasteiger charge is 2.22. The van der Waals surface area contributed by atoms with Gasteiger partial charge < -0.3 is 19.7 Å². The molecule has 0 aliphatic carbocycles. The highest BCUT2D eigenvalue weighted by molar-refractivity contribution is 5.74. The predicted octanol–water partition coefficient (Wildman–Crippen LogP) is 2.14. The van der Waals surface area contributed by atoms with E-state index in [2.05, 4.69) is 17.2 Å². The van der Waals surface area contributed by atoms with E-state index in [1.54, 1.807) is 13.3 Å². The van der Waals surface area contributed by atoms with Gasteiger partial charge in [-0.05, 0) is 25.8 Å². The van der Waals surface area contributed by atoms with Crippen molar-refractivity contribution in [3.05, 3.63) is 12.3 Å². The maximum Gasteiger partial charge on any atom is 0.239 e. The van der Waals surface area contributed by atoms with E-state index in [9.17, 15) is 0 Å². The van der Waals surface area contributed by atoms with Gasteiger partial charge in [-0.15, -0.1) is 0 Å². The van der Waals surface area contributed by atoms with Gasteiger partial charge in [-0.3, -0.25) is 0 Å². The van der Waals surface area contributed by atoms with E-state index >= 15 is 0 Å². The molecule has 2 heterocycles. The van der Waals surface area contributed by atoms with Gasteiger partial charge in [-0.1, -0.05) is 0 Å². The molecule has 1 aliphatic rings. The van der Waals surface area contributed by atoms with Crippen LogP contribution in [0.25, 0.3) is 0 Å². The fourth-order valence-corrected chi connectivity index (χ4v) is 2.38. The number of hydrogen-bond donors (Lipinski definition) is 1. The van der Waals surface area contributed by atoms with Crippen LogP contribution in [0.2, 0.25) is 0 Å². The summed E-state index contributed by atoms with van der Waals surface area (Å²) in [4.78, 5) is 6.29. The molecule has 1 aromatic rings. The number of nitrogens with zero attached hydrogens (tertiary/aromatic N) is 2. The average Bonchev–Trinajstić information content (AvgIpc) is 2.81. The highest BCUT2D eigenvalue weighted by Crippen LogP contribution is 2.32. The minimum atomic E-state index is 0.273. The molecule has 5 nitrogen and oxygen atoms in total. The van der Waals surface area contributed by atoms with E-state index in [1.165, 1.54) is 0 Å².